The molecule has 1 fully saturated rings. The lowest BCUT2D eigenvalue weighted by molar-refractivity contribution is 0.0843. The largest absolute Gasteiger partial charge is 0.457 e. The number of likely N-dealkylation sites (tertiary alicyclic amines) is 1. The summed E-state index contributed by atoms with van der Waals surface area (Å²) in [5.74, 6) is 1.93. The molecule has 2 aromatic carbocycles. The number of nitrogens with zero attached hydrogens (tertiary/aromatic N) is 1. The van der Waals surface area contributed by atoms with Crippen LogP contribution in [-0.4, -0.2) is 30.8 Å². The molecule has 0 aliphatic carbocycles. The van der Waals surface area contributed by atoms with Crippen LogP contribution >= 0.6 is 0 Å². The van der Waals surface area contributed by atoms with E-state index in [1.807, 2.05) is 54.6 Å². The van der Waals surface area contributed by atoms with E-state index >= 15 is 0 Å². The molecule has 22 heavy (non-hydrogen) atoms. The molecule has 0 aromatic heterocycles. The molecule has 0 saturated carbocycles. The van der Waals surface area contributed by atoms with Gasteiger partial charge in [0, 0.05) is 18.0 Å². The molecule has 1 heterocycles. The number of carbonyl (C=O) groups excluding carboxylic acids is 1. The highest BCUT2D eigenvalue weighted by atomic mass is 16.5. The number of Topliss-reactive ketones (excluding diaryl/α,β-unsaturated/α-hetero) is 1. The Kier molecular flexibility index (Phi) is 4.54. The maximum Gasteiger partial charge on any atom is 0.167 e. The van der Waals surface area contributed by atoms with Gasteiger partial charge >= 0.3 is 0 Å². The fourth-order valence-corrected chi connectivity index (χ4v) is 2.93. The Bertz CT molecular complexity index is 622. The van der Waals surface area contributed by atoms with Crippen molar-refractivity contribution in [1.82, 2.24) is 4.90 Å². The van der Waals surface area contributed by atoms with Gasteiger partial charge in [-0.3, -0.25) is 4.79 Å². The van der Waals surface area contributed by atoms with Crippen LogP contribution in [0, 0.1) is 5.92 Å². The molecule has 114 valence electrons. The number of ether oxygens (including phenoxy) is 1. The molecule has 1 atom stereocenters. The Labute approximate surface area is 131 Å². The zero-order chi connectivity index (χ0) is 15.4. The number of rotatable bonds is 4. The third kappa shape index (κ3) is 3.55. The number of hydrogen-bond acceptors (Lipinski definition) is 3. The summed E-state index contributed by atoms with van der Waals surface area (Å²) in [6.45, 7) is 1.95. The smallest absolute Gasteiger partial charge is 0.167 e. The van der Waals surface area contributed by atoms with E-state index in [1.165, 1.54) is 0 Å². The van der Waals surface area contributed by atoms with E-state index in [2.05, 4.69) is 11.9 Å². The molecule has 3 heteroatoms. The molecule has 0 spiro atoms. The van der Waals surface area contributed by atoms with Gasteiger partial charge in [0.15, 0.2) is 5.78 Å². The van der Waals surface area contributed by atoms with E-state index < -0.39 is 0 Å². The zero-order valence-electron chi connectivity index (χ0n) is 12.9. The Morgan fingerprint density at radius 2 is 1.73 bits per heavy atom. The van der Waals surface area contributed by atoms with Crippen LogP contribution in [-0.2, 0) is 0 Å². The van der Waals surface area contributed by atoms with Crippen LogP contribution < -0.4 is 4.74 Å². The van der Waals surface area contributed by atoms with Gasteiger partial charge in [0.1, 0.15) is 11.5 Å². The lowest BCUT2D eigenvalue weighted by atomic mass is 9.90. The predicted molar refractivity (Wildman–Crippen MR) is 87.5 cm³/mol. The van der Waals surface area contributed by atoms with Crippen molar-refractivity contribution in [3.63, 3.8) is 0 Å². The molecular formula is C19H21NO2. The van der Waals surface area contributed by atoms with Gasteiger partial charge < -0.3 is 9.64 Å². The highest BCUT2D eigenvalue weighted by Gasteiger charge is 2.24. The zero-order valence-corrected chi connectivity index (χ0v) is 12.9. The molecule has 1 aliphatic rings. The first-order valence-electron chi connectivity index (χ1n) is 7.78. The number of benzene rings is 2. The average molecular weight is 295 g/mol. The van der Waals surface area contributed by atoms with Crippen molar-refractivity contribution in [2.75, 3.05) is 20.1 Å². The minimum absolute atomic E-state index is 0.125. The number of para-hydroxylation sites is 1. The van der Waals surface area contributed by atoms with Gasteiger partial charge in [0.2, 0.25) is 0 Å². The van der Waals surface area contributed by atoms with E-state index in [0.717, 1.165) is 43.0 Å². The topological polar surface area (TPSA) is 29.5 Å². The van der Waals surface area contributed by atoms with Crippen molar-refractivity contribution in [2.45, 2.75) is 12.8 Å². The molecular weight excluding hydrogens is 274 g/mol. The fourth-order valence-electron chi connectivity index (χ4n) is 2.93. The molecule has 0 radical (unpaired) electrons. The molecule has 0 N–H and O–H groups in total. The SMILES string of the molecule is CN1CCC[C@@H](C(=O)c2ccc(Oc3ccccc3)cc2)C1. The van der Waals surface area contributed by atoms with Gasteiger partial charge in [0.05, 0.1) is 0 Å². The first kappa shape index (κ1) is 14.8. The maximum atomic E-state index is 12.5. The van der Waals surface area contributed by atoms with Crippen LogP contribution in [0.5, 0.6) is 11.5 Å². The van der Waals surface area contributed by atoms with Crippen LogP contribution in [0.2, 0.25) is 0 Å². The molecule has 0 bridgehead atoms. The Morgan fingerprint density at radius 3 is 2.41 bits per heavy atom. The molecule has 1 saturated heterocycles. The number of carbonyl (C=O) groups is 1. The molecule has 3 nitrogen and oxygen atoms in total. The second-order valence-electron chi connectivity index (χ2n) is 5.91. The summed E-state index contributed by atoms with van der Waals surface area (Å²) in [6.07, 6.45) is 2.09. The number of hydrogen-bond donors (Lipinski definition) is 0. The quantitative estimate of drug-likeness (QED) is 0.798. The third-order valence-electron chi connectivity index (χ3n) is 4.11. The van der Waals surface area contributed by atoms with Crippen molar-refractivity contribution in [3.8, 4) is 11.5 Å². The van der Waals surface area contributed by atoms with Crippen LogP contribution in [0.25, 0.3) is 0 Å². The fraction of sp³-hybridized carbons (Fsp3) is 0.316. The van der Waals surface area contributed by atoms with Crippen LogP contribution in [0.4, 0.5) is 0 Å². The number of ketones is 1. The Balaban J connectivity index is 1.67. The average Bonchev–Trinajstić information content (AvgIpc) is 2.56. The second kappa shape index (κ2) is 6.75. The van der Waals surface area contributed by atoms with Gasteiger partial charge in [-0.2, -0.15) is 0 Å². The van der Waals surface area contributed by atoms with Crippen molar-refractivity contribution < 1.29 is 9.53 Å². The Hall–Kier alpha value is -2.13. The molecule has 3 rings (SSSR count). The van der Waals surface area contributed by atoms with Gasteiger partial charge in [0.25, 0.3) is 0 Å². The van der Waals surface area contributed by atoms with Crippen molar-refractivity contribution in [1.29, 1.82) is 0 Å². The molecule has 0 amide bonds. The molecule has 1 aliphatic heterocycles. The Morgan fingerprint density at radius 1 is 1.05 bits per heavy atom. The molecule has 2 aromatic rings. The van der Waals surface area contributed by atoms with E-state index in [1.54, 1.807) is 0 Å². The summed E-state index contributed by atoms with van der Waals surface area (Å²) in [5, 5.41) is 0. The lowest BCUT2D eigenvalue weighted by Crippen LogP contribution is -2.36. The summed E-state index contributed by atoms with van der Waals surface area (Å²) in [4.78, 5) is 14.8. The van der Waals surface area contributed by atoms with Gasteiger partial charge in [-0.25, -0.2) is 0 Å². The van der Waals surface area contributed by atoms with E-state index in [9.17, 15) is 4.79 Å². The van der Waals surface area contributed by atoms with Gasteiger partial charge in [-0.15, -0.1) is 0 Å². The third-order valence-corrected chi connectivity index (χ3v) is 4.11. The summed E-state index contributed by atoms with van der Waals surface area (Å²) in [5.41, 5.74) is 0.778. The van der Waals surface area contributed by atoms with Crippen molar-refractivity contribution in [2.24, 2.45) is 5.92 Å². The first-order chi connectivity index (χ1) is 10.7. The van der Waals surface area contributed by atoms with E-state index in [-0.39, 0.29) is 11.7 Å². The van der Waals surface area contributed by atoms with Crippen LogP contribution in [0.1, 0.15) is 23.2 Å². The monoisotopic (exact) mass is 295 g/mol. The van der Waals surface area contributed by atoms with Crippen LogP contribution in [0.3, 0.4) is 0 Å². The standard InChI is InChI=1S/C19H21NO2/c1-20-13-5-6-16(14-20)19(21)15-9-11-18(12-10-15)22-17-7-3-2-4-8-17/h2-4,7-12,16H,5-6,13-14H2,1H3/t16-/m1/s1. The maximum absolute atomic E-state index is 12.5. The van der Waals surface area contributed by atoms with Crippen LogP contribution in [0.15, 0.2) is 54.6 Å². The summed E-state index contributed by atoms with van der Waals surface area (Å²) < 4.78 is 5.76. The summed E-state index contributed by atoms with van der Waals surface area (Å²) >= 11 is 0. The second-order valence-corrected chi connectivity index (χ2v) is 5.91. The minimum atomic E-state index is 0.125. The first-order valence-corrected chi connectivity index (χ1v) is 7.78. The lowest BCUT2D eigenvalue weighted by Gasteiger charge is -2.28. The van der Waals surface area contributed by atoms with Gasteiger partial charge in [-0.05, 0) is 62.8 Å². The summed E-state index contributed by atoms with van der Waals surface area (Å²) in [6, 6.07) is 17.1. The minimum Gasteiger partial charge on any atom is -0.457 e. The summed E-state index contributed by atoms with van der Waals surface area (Å²) in [7, 11) is 2.08. The molecule has 0 unspecified atom stereocenters. The highest BCUT2D eigenvalue weighted by Crippen LogP contribution is 2.24. The van der Waals surface area contributed by atoms with Crippen molar-refractivity contribution >= 4 is 5.78 Å². The van der Waals surface area contributed by atoms with E-state index in [0.29, 0.717) is 0 Å². The van der Waals surface area contributed by atoms with E-state index in [4.69, 9.17) is 4.74 Å². The predicted octanol–water partition coefficient (Wildman–Crippen LogP) is 4.00. The number of piperidine rings is 1. The highest BCUT2D eigenvalue weighted by molar-refractivity contribution is 5.98. The van der Waals surface area contributed by atoms with Crippen molar-refractivity contribution in [3.05, 3.63) is 60.2 Å². The van der Waals surface area contributed by atoms with Gasteiger partial charge in [-0.1, -0.05) is 18.2 Å². The normalized spacial score (nSPS) is 18.9.